The van der Waals surface area contributed by atoms with Crippen LogP contribution in [-0.2, 0) is 20.8 Å². The summed E-state index contributed by atoms with van der Waals surface area (Å²) in [5.41, 5.74) is 1.73. The Hall–Kier alpha value is -3.62. The van der Waals surface area contributed by atoms with Crippen LogP contribution in [-0.4, -0.2) is 29.3 Å². The molecule has 2 aromatic carbocycles. The Kier molecular flexibility index (Phi) is 5.50. The summed E-state index contributed by atoms with van der Waals surface area (Å²) < 4.78 is 41.5. The van der Waals surface area contributed by atoms with Gasteiger partial charge in [0.1, 0.15) is 17.5 Å². The molecular formula is C22H18F3N3O3. The van der Waals surface area contributed by atoms with Gasteiger partial charge in [-0.2, -0.15) is 0 Å². The van der Waals surface area contributed by atoms with Crippen molar-refractivity contribution in [2.45, 2.75) is 19.3 Å². The van der Waals surface area contributed by atoms with E-state index in [2.05, 4.69) is 15.6 Å². The number of amides is 3. The van der Waals surface area contributed by atoms with Gasteiger partial charge in [0.25, 0.3) is 0 Å². The second kappa shape index (κ2) is 8.25. The van der Waals surface area contributed by atoms with Gasteiger partial charge in [-0.15, -0.1) is 0 Å². The molecule has 3 N–H and O–H groups in total. The SMILES string of the molecule is O=C1CC(C(=O)NCCc2c(-c3ccc(F)cc3)[nH]c3c(F)cc(F)cc23)CC(=O)N1. The third-order valence-corrected chi connectivity index (χ3v) is 5.25. The molecule has 1 fully saturated rings. The first-order valence-electron chi connectivity index (χ1n) is 9.67. The number of carbonyl (C=O) groups excluding carboxylic acids is 3. The molecule has 3 amide bonds. The number of piperidine rings is 1. The predicted octanol–water partition coefficient (Wildman–Crippen LogP) is 2.96. The number of rotatable bonds is 5. The first-order valence-corrected chi connectivity index (χ1v) is 9.67. The van der Waals surface area contributed by atoms with Crippen LogP contribution in [0.2, 0.25) is 0 Å². The van der Waals surface area contributed by atoms with Crippen molar-refractivity contribution in [1.82, 2.24) is 15.6 Å². The van der Waals surface area contributed by atoms with Gasteiger partial charge in [-0.05, 0) is 47.9 Å². The fourth-order valence-corrected chi connectivity index (χ4v) is 3.81. The number of halogens is 3. The standard InChI is InChI=1S/C22H18F3N3O3/c23-13-3-1-11(2-4-13)20-15(16-9-14(24)10-17(25)21(16)28-20)5-6-26-22(31)12-7-18(29)27-19(30)8-12/h1-4,9-10,12,28H,5-8H2,(H,26,31)(H,27,29,30). The number of hydrogen-bond donors (Lipinski definition) is 3. The molecule has 2 heterocycles. The van der Waals surface area contributed by atoms with Gasteiger partial charge in [0.15, 0.2) is 0 Å². The Bertz CT molecular complexity index is 1170. The minimum Gasteiger partial charge on any atom is -0.356 e. The zero-order valence-electron chi connectivity index (χ0n) is 16.2. The number of aromatic amines is 1. The van der Waals surface area contributed by atoms with Crippen molar-refractivity contribution in [2.24, 2.45) is 5.92 Å². The van der Waals surface area contributed by atoms with E-state index in [1.807, 2.05) is 0 Å². The minimum atomic E-state index is -0.764. The monoisotopic (exact) mass is 429 g/mol. The molecule has 1 aromatic heterocycles. The quantitative estimate of drug-likeness (QED) is 0.545. The van der Waals surface area contributed by atoms with E-state index >= 15 is 0 Å². The summed E-state index contributed by atoms with van der Waals surface area (Å²) in [7, 11) is 0. The summed E-state index contributed by atoms with van der Waals surface area (Å²) in [6, 6.07) is 7.52. The zero-order chi connectivity index (χ0) is 22.1. The molecule has 9 heteroatoms. The van der Waals surface area contributed by atoms with Crippen LogP contribution >= 0.6 is 0 Å². The van der Waals surface area contributed by atoms with E-state index in [1.54, 1.807) is 0 Å². The lowest BCUT2D eigenvalue weighted by molar-refractivity contribution is -0.140. The maximum absolute atomic E-state index is 14.3. The maximum atomic E-state index is 14.3. The van der Waals surface area contributed by atoms with Crippen LogP contribution in [0, 0.1) is 23.4 Å². The average molecular weight is 429 g/mol. The summed E-state index contributed by atoms with van der Waals surface area (Å²) in [4.78, 5) is 38.2. The molecule has 0 atom stereocenters. The maximum Gasteiger partial charge on any atom is 0.227 e. The van der Waals surface area contributed by atoms with E-state index in [-0.39, 0.29) is 31.3 Å². The number of aromatic nitrogens is 1. The molecule has 3 aromatic rings. The van der Waals surface area contributed by atoms with Crippen molar-refractivity contribution in [3.63, 3.8) is 0 Å². The smallest absolute Gasteiger partial charge is 0.227 e. The van der Waals surface area contributed by atoms with Crippen molar-refractivity contribution in [3.8, 4) is 11.3 Å². The Morgan fingerprint density at radius 1 is 1.00 bits per heavy atom. The van der Waals surface area contributed by atoms with Gasteiger partial charge in [0, 0.05) is 36.5 Å². The number of nitrogens with one attached hydrogen (secondary N) is 3. The zero-order valence-corrected chi connectivity index (χ0v) is 16.2. The van der Waals surface area contributed by atoms with Gasteiger partial charge >= 0.3 is 0 Å². The van der Waals surface area contributed by atoms with Crippen LogP contribution in [0.15, 0.2) is 36.4 Å². The molecule has 1 aliphatic rings. The molecule has 160 valence electrons. The van der Waals surface area contributed by atoms with Crippen LogP contribution < -0.4 is 10.6 Å². The highest BCUT2D eigenvalue weighted by atomic mass is 19.1. The first kappa shape index (κ1) is 20.6. The van der Waals surface area contributed by atoms with Crippen molar-refractivity contribution >= 4 is 28.6 Å². The molecular weight excluding hydrogens is 411 g/mol. The largest absolute Gasteiger partial charge is 0.356 e. The molecule has 0 saturated carbocycles. The summed E-state index contributed by atoms with van der Waals surface area (Å²) in [5, 5.41) is 5.14. The first-order chi connectivity index (χ1) is 14.8. The highest BCUT2D eigenvalue weighted by Crippen LogP contribution is 2.32. The van der Waals surface area contributed by atoms with Crippen molar-refractivity contribution in [1.29, 1.82) is 0 Å². The van der Waals surface area contributed by atoms with Crippen LogP contribution in [0.4, 0.5) is 13.2 Å². The Morgan fingerprint density at radius 2 is 1.68 bits per heavy atom. The van der Waals surface area contributed by atoms with Crippen molar-refractivity contribution in [3.05, 3.63) is 59.4 Å². The number of carbonyl (C=O) groups is 3. The summed E-state index contributed by atoms with van der Waals surface area (Å²) in [5.74, 6) is -4.14. The normalized spacial score (nSPS) is 14.7. The molecule has 0 spiro atoms. The summed E-state index contributed by atoms with van der Waals surface area (Å²) in [6.07, 6.45) is 0.0536. The number of imide groups is 1. The lowest BCUT2D eigenvalue weighted by Gasteiger charge is -2.20. The number of fused-ring (bicyclic) bond motifs is 1. The van der Waals surface area contributed by atoms with E-state index in [0.29, 0.717) is 22.2 Å². The molecule has 0 aliphatic carbocycles. The van der Waals surface area contributed by atoms with Crippen molar-refractivity contribution in [2.75, 3.05) is 6.54 Å². The third kappa shape index (κ3) is 4.30. The second-order valence-corrected chi connectivity index (χ2v) is 7.41. The van der Waals surface area contributed by atoms with E-state index in [4.69, 9.17) is 0 Å². The van der Waals surface area contributed by atoms with E-state index in [1.165, 1.54) is 30.3 Å². The molecule has 1 aliphatic heterocycles. The van der Waals surface area contributed by atoms with Gasteiger partial charge in [0.2, 0.25) is 17.7 Å². The van der Waals surface area contributed by atoms with Crippen LogP contribution in [0.25, 0.3) is 22.2 Å². The van der Waals surface area contributed by atoms with Gasteiger partial charge < -0.3 is 10.3 Å². The van der Waals surface area contributed by atoms with Crippen molar-refractivity contribution < 1.29 is 27.6 Å². The molecule has 6 nitrogen and oxygen atoms in total. The lowest BCUT2D eigenvalue weighted by Crippen LogP contribution is -2.44. The predicted molar refractivity (Wildman–Crippen MR) is 106 cm³/mol. The van der Waals surface area contributed by atoms with Gasteiger partial charge in [-0.3, -0.25) is 19.7 Å². The molecule has 4 rings (SSSR count). The number of benzene rings is 2. The number of hydrogen-bond acceptors (Lipinski definition) is 3. The van der Waals surface area contributed by atoms with Crippen LogP contribution in [0.1, 0.15) is 18.4 Å². The number of H-pyrrole nitrogens is 1. The topological polar surface area (TPSA) is 91.1 Å². The Morgan fingerprint density at radius 3 is 2.35 bits per heavy atom. The van der Waals surface area contributed by atoms with Crippen LogP contribution in [0.5, 0.6) is 0 Å². The summed E-state index contributed by atoms with van der Waals surface area (Å²) in [6.45, 7) is 0.115. The van der Waals surface area contributed by atoms with E-state index in [9.17, 15) is 27.6 Å². The molecule has 1 saturated heterocycles. The molecule has 0 unspecified atom stereocenters. The Labute approximate surface area is 174 Å². The van der Waals surface area contributed by atoms with E-state index < -0.39 is 41.1 Å². The van der Waals surface area contributed by atoms with Gasteiger partial charge in [-0.1, -0.05) is 0 Å². The highest BCUT2D eigenvalue weighted by molar-refractivity contribution is 6.02. The van der Waals surface area contributed by atoms with Gasteiger partial charge in [-0.25, -0.2) is 13.2 Å². The molecule has 0 bridgehead atoms. The third-order valence-electron chi connectivity index (χ3n) is 5.25. The highest BCUT2D eigenvalue weighted by Gasteiger charge is 2.30. The summed E-state index contributed by atoms with van der Waals surface area (Å²) >= 11 is 0. The van der Waals surface area contributed by atoms with Crippen LogP contribution in [0.3, 0.4) is 0 Å². The lowest BCUT2D eigenvalue weighted by atomic mass is 9.96. The molecule has 0 radical (unpaired) electrons. The van der Waals surface area contributed by atoms with Gasteiger partial charge in [0.05, 0.1) is 11.4 Å². The minimum absolute atomic E-state index is 0.0814. The average Bonchev–Trinajstić information content (AvgIpc) is 3.06. The molecule has 31 heavy (non-hydrogen) atoms. The Balaban J connectivity index is 1.59. The fourth-order valence-electron chi connectivity index (χ4n) is 3.81. The van der Waals surface area contributed by atoms with E-state index in [0.717, 1.165) is 6.07 Å². The second-order valence-electron chi connectivity index (χ2n) is 7.41. The fraction of sp³-hybridized carbons (Fsp3) is 0.227.